The zero-order valence-electron chi connectivity index (χ0n) is 18.1. The van der Waals surface area contributed by atoms with Gasteiger partial charge in [0.1, 0.15) is 6.17 Å². The van der Waals surface area contributed by atoms with E-state index >= 15 is 0 Å². The summed E-state index contributed by atoms with van der Waals surface area (Å²) in [5.74, 6) is 0.345. The number of fused-ring (bicyclic) bond motifs is 2. The van der Waals surface area contributed by atoms with Crippen LogP contribution in [0, 0.1) is 0 Å². The number of likely N-dealkylation sites (N-methyl/N-ethyl adjacent to an activating group) is 1. The van der Waals surface area contributed by atoms with E-state index in [0.717, 1.165) is 11.1 Å². The lowest BCUT2D eigenvalue weighted by Crippen LogP contribution is -2.31. The molecule has 1 unspecified atom stereocenters. The van der Waals surface area contributed by atoms with Crippen molar-refractivity contribution in [3.8, 4) is 11.3 Å². The number of halogens is 3. The van der Waals surface area contributed by atoms with Crippen LogP contribution in [0.3, 0.4) is 0 Å². The monoisotopic (exact) mass is 445 g/mol. The van der Waals surface area contributed by atoms with Crippen molar-refractivity contribution in [3.05, 3.63) is 36.3 Å². The van der Waals surface area contributed by atoms with Crippen molar-refractivity contribution in [1.82, 2.24) is 24.5 Å². The van der Waals surface area contributed by atoms with Gasteiger partial charge in [-0.3, -0.25) is 4.99 Å². The number of alkyl halides is 3. The molecular formula is C22H26F3N7. The summed E-state index contributed by atoms with van der Waals surface area (Å²) in [4.78, 5) is 15.5. The molecule has 32 heavy (non-hydrogen) atoms. The van der Waals surface area contributed by atoms with Gasteiger partial charge in [0.25, 0.3) is 0 Å². The van der Waals surface area contributed by atoms with E-state index < -0.39 is 18.0 Å². The van der Waals surface area contributed by atoms with Gasteiger partial charge in [0.15, 0.2) is 0 Å². The summed E-state index contributed by atoms with van der Waals surface area (Å²) in [6.45, 7) is 4.49. The lowest BCUT2D eigenvalue weighted by atomic mass is 9.80. The fourth-order valence-corrected chi connectivity index (χ4v) is 4.56. The Kier molecular flexibility index (Phi) is 4.92. The predicted octanol–water partition coefficient (Wildman–Crippen LogP) is 4.12. The van der Waals surface area contributed by atoms with E-state index in [4.69, 9.17) is 4.98 Å². The van der Waals surface area contributed by atoms with Crippen molar-refractivity contribution in [2.75, 3.05) is 25.5 Å². The van der Waals surface area contributed by atoms with Crippen LogP contribution < -0.4 is 5.32 Å². The summed E-state index contributed by atoms with van der Waals surface area (Å²) in [5.41, 5.74) is 3.07. The molecule has 3 aromatic rings. The number of rotatable bonds is 5. The standard InChI is InChI=1S/C22H24F3N7.H2/c1-12-22(2,8-19(24)25)20-16(27-12)5-4-15(28-20)13-6-7-32-18(13)9-26-21(30-32)29-17-11-31(3)10-14(17)23;/h4-7,9,14,17,19H,8,10-11H2,1-3H3,(H,29,30);1H/t14-,17-,22?;/m1./s1. The largest absolute Gasteiger partial charge is 0.346 e. The number of nitrogens with zero attached hydrogens (tertiary/aromatic N) is 6. The molecule has 0 aliphatic carbocycles. The quantitative estimate of drug-likeness (QED) is 0.640. The van der Waals surface area contributed by atoms with Crippen LogP contribution in [0.5, 0.6) is 0 Å². The normalized spacial score (nSPS) is 25.5. The van der Waals surface area contributed by atoms with Crippen LogP contribution in [0.4, 0.5) is 24.8 Å². The van der Waals surface area contributed by atoms with E-state index in [9.17, 15) is 13.2 Å². The highest BCUT2D eigenvalue weighted by molar-refractivity contribution is 5.99. The molecule has 0 aromatic carbocycles. The molecule has 5 heterocycles. The van der Waals surface area contributed by atoms with Gasteiger partial charge in [0, 0.05) is 38.4 Å². The maximum Gasteiger partial charge on any atom is 0.241 e. The van der Waals surface area contributed by atoms with Crippen molar-refractivity contribution in [3.63, 3.8) is 0 Å². The predicted molar refractivity (Wildman–Crippen MR) is 119 cm³/mol. The second-order valence-electron chi connectivity index (χ2n) is 8.82. The molecule has 2 aliphatic rings. The molecule has 3 aromatic heterocycles. The van der Waals surface area contributed by atoms with Gasteiger partial charge >= 0.3 is 0 Å². The lowest BCUT2D eigenvalue weighted by molar-refractivity contribution is 0.121. The van der Waals surface area contributed by atoms with E-state index in [1.807, 2.05) is 30.1 Å². The molecule has 3 atom stereocenters. The summed E-state index contributed by atoms with van der Waals surface area (Å²) in [6, 6.07) is 5.14. The van der Waals surface area contributed by atoms with Crippen molar-refractivity contribution < 1.29 is 14.6 Å². The van der Waals surface area contributed by atoms with Crippen LogP contribution in [0.15, 0.2) is 35.6 Å². The molecule has 0 radical (unpaired) electrons. The number of anilines is 1. The van der Waals surface area contributed by atoms with Crippen LogP contribution in [0.25, 0.3) is 16.8 Å². The number of aliphatic imine (C=N–C) groups is 1. The molecule has 1 N–H and O–H groups in total. The number of hydrogen-bond acceptors (Lipinski definition) is 6. The molecule has 0 bridgehead atoms. The SMILES string of the molecule is CC1=Nc2ccc(-c3ccn4nc(N[C@@H]5CN(C)C[C@H]5F)ncc34)nc2C1(C)CC(F)F.[HH]. The first-order chi connectivity index (χ1) is 15.2. The van der Waals surface area contributed by atoms with Crippen LogP contribution in [0.2, 0.25) is 0 Å². The maximum atomic E-state index is 14.1. The van der Waals surface area contributed by atoms with Crippen molar-refractivity contribution in [2.24, 2.45) is 4.99 Å². The number of hydrogen-bond donors (Lipinski definition) is 1. The Morgan fingerprint density at radius 1 is 1.28 bits per heavy atom. The van der Waals surface area contributed by atoms with Crippen LogP contribution in [-0.4, -0.2) is 69.0 Å². The molecule has 1 fully saturated rings. The van der Waals surface area contributed by atoms with Gasteiger partial charge in [0.2, 0.25) is 12.4 Å². The molecule has 170 valence electrons. The van der Waals surface area contributed by atoms with Gasteiger partial charge < -0.3 is 10.2 Å². The molecule has 2 aliphatic heterocycles. The van der Waals surface area contributed by atoms with E-state index in [2.05, 4.69) is 20.4 Å². The van der Waals surface area contributed by atoms with Gasteiger partial charge in [-0.2, -0.15) is 0 Å². The van der Waals surface area contributed by atoms with Gasteiger partial charge in [-0.1, -0.05) is 0 Å². The molecule has 1 saturated heterocycles. The maximum absolute atomic E-state index is 14.1. The van der Waals surface area contributed by atoms with Crippen LogP contribution >= 0.6 is 0 Å². The van der Waals surface area contributed by atoms with Crippen LogP contribution in [0.1, 0.15) is 27.4 Å². The third-order valence-corrected chi connectivity index (χ3v) is 6.48. The average molecular weight is 445 g/mol. The van der Waals surface area contributed by atoms with Gasteiger partial charge in [0.05, 0.1) is 40.2 Å². The Labute approximate surface area is 184 Å². The van der Waals surface area contributed by atoms with E-state index in [0.29, 0.717) is 41.8 Å². The highest BCUT2D eigenvalue weighted by Crippen LogP contribution is 2.43. The number of pyridine rings is 1. The Hall–Kier alpha value is -3.01. The topological polar surface area (TPSA) is 70.7 Å². The molecular weight excluding hydrogens is 419 g/mol. The Morgan fingerprint density at radius 3 is 2.81 bits per heavy atom. The minimum atomic E-state index is -2.46. The third-order valence-electron chi connectivity index (χ3n) is 6.48. The summed E-state index contributed by atoms with van der Waals surface area (Å²) < 4.78 is 42.3. The van der Waals surface area contributed by atoms with Gasteiger partial charge in [-0.15, -0.1) is 5.10 Å². The van der Waals surface area contributed by atoms with Crippen LogP contribution in [-0.2, 0) is 5.41 Å². The number of aromatic nitrogens is 4. The first-order valence-corrected chi connectivity index (χ1v) is 10.5. The average Bonchev–Trinajstić information content (AvgIpc) is 3.36. The van der Waals surface area contributed by atoms with E-state index in [1.165, 1.54) is 0 Å². The Morgan fingerprint density at radius 2 is 2.09 bits per heavy atom. The Bertz CT molecular complexity index is 1210. The second-order valence-corrected chi connectivity index (χ2v) is 8.82. The van der Waals surface area contributed by atoms with Crippen molar-refractivity contribution in [1.29, 1.82) is 0 Å². The first kappa shape index (κ1) is 20.9. The first-order valence-electron chi connectivity index (χ1n) is 10.5. The van der Waals surface area contributed by atoms with Gasteiger partial charge in [-0.05, 0) is 39.1 Å². The fraction of sp³-hybridized carbons (Fsp3) is 0.455. The zero-order valence-corrected chi connectivity index (χ0v) is 18.1. The van der Waals surface area contributed by atoms with Gasteiger partial charge in [-0.25, -0.2) is 27.7 Å². The fourth-order valence-electron chi connectivity index (χ4n) is 4.56. The molecule has 0 saturated carbocycles. The summed E-state index contributed by atoms with van der Waals surface area (Å²) in [5, 5.41) is 7.52. The van der Waals surface area contributed by atoms with Crippen molar-refractivity contribution >= 4 is 22.9 Å². The van der Waals surface area contributed by atoms with E-state index in [1.54, 1.807) is 30.8 Å². The smallest absolute Gasteiger partial charge is 0.241 e. The summed E-state index contributed by atoms with van der Waals surface area (Å²) >= 11 is 0. The molecule has 0 amide bonds. The molecule has 5 rings (SSSR count). The molecule has 0 spiro atoms. The lowest BCUT2D eigenvalue weighted by Gasteiger charge is -2.24. The third kappa shape index (κ3) is 3.42. The minimum absolute atomic E-state index is 0. The Balaban J connectivity index is 0.00000259. The number of nitrogens with one attached hydrogen (secondary N) is 1. The van der Waals surface area contributed by atoms with Crippen molar-refractivity contribution in [2.45, 2.75) is 44.3 Å². The molecule has 7 nitrogen and oxygen atoms in total. The molecule has 10 heteroatoms. The highest BCUT2D eigenvalue weighted by Gasteiger charge is 2.41. The summed E-state index contributed by atoms with van der Waals surface area (Å²) in [6.07, 6.45) is -0.332. The highest BCUT2D eigenvalue weighted by atomic mass is 19.3. The zero-order chi connectivity index (χ0) is 22.6. The van der Waals surface area contributed by atoms with E-state index in [-0.39, 0.29) is 13.9 Å². The number of likely N-dealkylation sites (tertiary alicyclic amines) is 1. The second kappa shape index (κ2) is 7.54. The minimum Gasteiger partial charge on any atom is -0.346 e. The summed E-state index contributed by atoms with van der Waals surface area (Å²) in [7, 11) is 1.87.